The molecule has 323 valence electrons. The number of piperidine rings is 1. The Bertz CT molecular complexity index is 1670. The Hall–Kier alpha value is -4.32. The fourth-order valence-corrected chi connectivity index (χ4v) is 5.08. The van der Waals surface area contributed by atoms with Gasteiger partial charge in [-0.1, -0.05) is 87.5 Å². The summed E-state index contributed by atoms with van der Waals surface area (Å²) in [5.41, 5.74) is 10.5. The van der Waals surface area contributed by atoms with Gasteiger partial charge in [0, 0.05) is 58.4 Å². The summed E-state index contributed by atoms with van der Waals surface area (Å²) in [6.07, 6.45) is 1.47. The number of carbonyl (C=O) groups is 5. The molecule has 0 spiro atoms. The average molecular weight is 897 g/mol. The summed E-state index contributed by atoms with van der Waals surface area (Å²) in [5, 5.41) is 24.0. The summed E-state index contributed by atoms with van der Waals surface area (Å²) < 4.78 is 13.7. The van der Waals surface area contributed by atoms with E-state index in [-0.39, 0.29) is 95.9 Å². The molecule has 59 heavy (non-hydrogen) atoms. The number of nitrogens with zero attached hydrogens (tertiary/aromatic N) is 3. The molecule has 0 aliphatic carbocycles. The number of halogens is 1. The quantitative estimate of drug-likeness (QED) is 0.0672. The summed E-state index contributed by atoms with van der Waals surface area (Å²) in [6.45, 7) is 10.6. The van der Waals surface area contributed by atoms with Crippen LogP contribution in [-0.4, -0.2) is 97.4 Å². The van der Waals surface area contributed by atoms with Crippen LogP contribution in [0.25, 0.3) is 10.7 Å². The van der Waals surface area contributed by atoms with E-state index in [1.807, 2.05) is 56.4 Å². The molecule has 5 amide bonds. The molecule has 15 nitrogen and oxygen atoms in total. The predicted molar refractivity (Wildman–Crippen MR) is 225 cm³/mol. The van der Waals surface area contributed by atoms with Gasteiger partial charge in [0.15, 0.2) is 5.91 Å². The van der Waals surface area contributed by atoms with Gasteiger partial charge in [-0.25, -0.2) is 4.39 Å². The van der Waals surface area contributed by atoms with Gasteiger partial charge in [0.2, 0.25) is 17.7 Å². The predicted octanol–water partition coefficient (Wildman–Crippen LogP) is 3.40. The van der Waals surface area contributed by atoms with E-state index in [9.17, 15) is 28.4 Å². The second-order valence-electron chi connectivity index (χ2n) is 13.8. The normalized spacial score (nSPS) is 12.4. The van der Waals surface area contributed by atoms with Gasteiger partial charge in [0.05, 0.1) is 19.0 Å². The van der Waals surface area contributed by atoms with Gasteiger partial charge in [-0.2, -0.15) is 6.54 Å². The number of phenolic OH excluding ortho intramolecular Hbond substituents is 1. The Morgan fingerprint density at radius 2 is 1.54 bits per heavy atom. The number of hydrogen-bond acceptors (Lipinski definition) is 9. The smallest absolute Gasteiger partial charge is 0.246 e. The standard InChI is InChI=1S/C22H32FN6O4.C9H12N2O.C7H8O.C4H11N.Y/c1-3-25-13-19(31)28-22(21(33)27-12-18(24)30)6-8-29(9-7-22)20(32)14-26-11-16-5-4-15(2)17(23)10-16;10-11-9(12)7-6-8-4-2-1-3-5-8;1-6-2-4-7(8)5-3-6;1-4(2)5-3;/h4-5,10,26H,3,6-9,11-14H2,1-2H3,(H2,24,30)(H,27,33)(H,28,31);1-5H,6-7,10H2,(H,11,12);2-5,8H,1H3;4-5H,1-3H3;/q-1;;;;/p-1. The maximum atomic E-state index is 13.7. The number of carbonyl (C=O) groups excluding carboxylic acids is 5. The van der Waals surface area contributed by atoms with E-state index in [0.29, 0.717) is 43.3 Å². The van der Waals surface area contributed by atoms with E-state index in [0.717, 1.165) is 11.1 Å². The number of aromatic hydroxyl groups is 1. The molecular formula is C42H62FN9O6Y-2. The number of phenols is 1. The van der Waals surface area contributed by atoms with Crippen LogP contribution in [0.15, 0.2) is 72.8 Å². The van der Waals surface area contributed by atoms with E-state index in [4.69, 9.17) is 16.7 Å². The number of rotatable bonds is 15. The summed E-state index contributed by atoms with van der Waals surface area (Å²) in [6, 6.07) is 22.4. The zero-order valence-corrected chi connectivity index (χ0v) is 38.1. The van der Waals surface area contributed by atoms with Crippen LogP contribution >= 0.6 is 0 Å². The largest absolute Gasteiger partial charge is 0.655 e. The van der Waals surface area contributed by atoms with Crippen molar-refractivity contribution in [3.05, 3.63) is 112 Å². The van der Waals surface area contributed by atoms with Crippen molar-refractivity contribution in [2.45, 2.75) is 78.4 Å². The first kappa shape index (κ1) is 54.7. The van der Waals surface area contributed by atoms with Crippen LogP contribution in [0.5, 0.6) is 5.75 Å². The monoisotopic (exact) mass is 896 g/mol. The van der Waals surface area contributed by atoms with Crippen LogP contribution in [0.1, 0.15) is 62.3 Å². The molecule has 1 aliphatic heterocycles. The van der Waals surface area contributed by atoms with Crippen molar-refractivity contribution in [3.63, 3.8) is 0 Å². The van der Waals surface area contributed by atoms with E-state index in [1.54, 1.807) is 43.0 Å². The molecule has 1 aliphatic rings. The topological polar surface area (TPSA) is 237 Å². The van der Waals surface area contributed by atoms with Gasteiger partial charge in [-0.05, 0) is 81.5 Å². The number of nitrogens with two attached hydrogens (primary N) is 2. The molecule has 0 saturated carbocycles. The van der Waals surface area contributed by atoms with Gasteiger partial charge in [0.1, 0.15) is 17.1 Å². The van der Waals surface area contributed by atoms with Crippen LogP contribution in [0.2, 0.25) is 0 Å². The molecule has 0 atom stereocenters. The maximum Gasteiger partial charge on any atom is 0.246 e. The van der Waals surface area contributed by atoms with Crippen LogP contribution in [-0.2, 0) is 69.6 Å². The van der Waals surface area contributed by atoms with Gasteiger partial charge < -0.3 is 58.4 Å². The Morgan fingerprint density at radius 3 is 2.05 bits per heavy atom. The van der Waals surface area contributed by atoms with Crippen LogP contribution in [0.4, 0.5) is 4.39 Å². The molecule has 1 saturated heterocycles. The van der Waals surface area contributed by atoms with Crippen molar-refractivity contribution < 1.29 is 66.2 Å². The first-order valence-corrected chi connectivity index (χ1v) is 19.2. The first-order chi connectivity index (χ1) is 27.5. The molecule has 4 rings (SSSR count). The second-order valence-corrected chi connectivity index (χ2v) is 13.8. The Balaban J connectivity index is 0.00000104. The third kappa shape index (κ3) is 23.8. The van der Waals surface area contributed by atoms with Crippen molar-refractivity contribution >= 4 is 29.5 Å². The third-order valence-electron chi connectivity index (χ3n) is 8.75. The number of amides is 5. The molecule has 0 aromatic heterocycles. The molecule has 3 aromatic carbocycles. The van der Waals surface area contributed by atoms with E-state index in [2.05, 4.69) is 45.9 Å². The van der Waals surface area contributed by atoms with E-state index >= 15 is 0 Å². The van der Waals surface area contributed by atoms with Crippen LogP contribution < -0.4 is 32.8 Å². The fraction of sp³-hybridized carbons (Fsp3) is 0.452. The number of benzene rings is 3. The van der Waals surface area contributed by atoms with Crippen molar-refractivity contribution in [1.29, 1.82) is 0 Å². The molecule has 1 radical (unpaired) electrons. The molecular weight excluding hydrogens is 834 g/mol. The van der Waals surface area contributed by atoms with Gasteiger partial charge in [-0.3, -0.25) is 19.2 Å². The maximum absolute atomic E-state index is 13.7. The number of aryl methyl sites for hydroxylation is 3. The number of likely N-dealkylation sites (tertiary alicyclic amines) is 1. The molecule has 9 N–H and O–H groups in total. The van der Waals surface area contributed by atoms with Crippen LogP contribution in [0, 0.1) is 19.7 Å². The summed E-state index contributed by atoms with van der Waals surface area (Å²) in [5.74, 6) is 2.81. The zero-order chi connectivity index (χ0) is 43.5. The molecule has 1 heterocycles. The minimum atomic E-state index is -1.25. The second kappa shape index (κ2) is 30.7. The first-order valence-electron chi connectivity index (χ1n) is 19.2. The van der Waals surface area contributed by atoms with Gasteiger partial charge >= 0.3 is 0 Å². The minimum absolute atomic E-state index is 0. The number of nitrogens with one attached hydrogen (secondary N) is 4. The zero-order valence-electron chi connectivity index (χ0n) is 35.2. The summed E-state index contributed by atoms with van der Waals surface area (Å²) in [4.78, 5) is 61.0. The number of primary amides is 1. The van der Waals surface area contributed by atoms with Crippen LogP contribution in [0.3, 0.4) is 0 Å². The molecule has 0 unspecified atom stereocenters. The van der Waals surface area contributed by atoms with Crippen molar-refractivity contribution in [1.82, 2.24) is 26.2 Å². The third-order valence-corrected chi connectivity index (χ3v) is 8.75. The molecule has 17 heteroatoms. The van der Waals surface area contributed by atoms with Crippen molar-refractivity contribution in [3.8, 4) is 5.75 Å². The SMILES string of the molecule is CC[N-]CC(=O)NC1(C(=O)NCC(N)=O)CCN(C(=O)CNCc2ccc(C)c(F)c2)CC1.CNC(C)C.Cc1ccc(O)cc1.N[N-]C(=O)CCc1ccccc1.[Y]. The molecule has 1 fully saturated rings. The molecule has 0 bridgehead atoms. The number of hydrogen-bond donors (Lipinski definition) is 7. The van der Waals surface area contributed by atoms with E-state index in [1.165, 1.54) is 11.6 Å². The Morgan fingerprint density at radius 1 is 0.932 bits per heavy atom. The van der Waals surface area contributed by atoms with Gasteiger partial charge in [-0.15, -0.1) is 0 Å². The van der Waals surface area contributed by atoms with Crippen molar-refractivity contribution in [2.75, 3.05) is 46.3 Å². The average Bonchev–Trinajstić information content (AvgIpc) is 3.21. The molecule has 3 aromatic rings. The fourth-order valence-electron chi connectivity index (χ4n) is 5.08. The summed E-state index contributed by atoms with van der Waals surface area (Å²) in [7, 11) is 1.95. The van der Waals surface area contributed by atoms with Crippen molar-refractivity contribution in [2.24, 2.45) is 11.6 Å². The Labute approximate surface area is 373 Å². The van der Waals surface area contributed by atoms with Gasteiger partial charge in [0.25, 0.3) is 0 Å². The van der Waals surface area contributed by atoms with E-state index < -0.39 is 23.3 Å². The number of likely N-dealkylation sites (N-methyl/N-ethyl adjacent to an activating group) is 1. The Kier molecular flexibility index (Phi) is 28.4. The summed E-state index contributed by atoms with van der Waals surface area (Å²) >= 11 is 0. The minimum Gasteiger partial charge on any atom is -0.655 e.